The van der Waals surface area contributed by atoms with Crippen molar-refractivity contribution in [3.05, 3.63) is 70.3 Å². The van der Waals surface area contributed by atoms with Crippen molar-refractivity contribution >= 4 is 35.0 Å². The van der Waals surface area contributed by atoms with Crippen LogP contribution in [0.5, 0.6) is 11.5 Å². The molecule has 1 N–H and O–H groups in total. The van der Waals surface area contributed by atoms with Gasteiger partial charge in [-0.2, -0.15) is 0 Å². The first-order chi connectivity index (χ1) is 16.7. The van der Waals surface area contributed by atoms with Crippen LogP contribution in [0.4, 0.5) is 11.4 Å². The second-order valence-corrected chi connectivity index (χ2v) is 7.28. The highest BCUT2D eigenvalue weighted by Crippen LogP contribution is 2.32. The molecule has 1 heterocycles. The Balaban J connectivity index is 1.97. The summed E-state index contributed by atoms with van der Waals surface area (Å²) in [7, 11) is 2.82. The fourth-order valence-corrected chi connectivity index (χ4v) is 3.51. The predicted molar refractivity (Wildman–Crippen MR) is 123 cm³/mol. The maximum Gasteiger partial charge on any atom is 0.282 e. The Morgan fingerprint density at radius 3 is 2.34 bits per heavy atom. The molecule has 0 radical (unpaired) electrons. The highest BCUT2D eigenvalue weighted by atomic mass is 16.6. The molecule has 1 saturated heterocycles. The Morgan fingerprint density at radius 1 is 1.14 bits per heavy atom. The van der Waals surface area contributed by atoms with Gasteiger partial charge in [0.1, 0.15) is 23.1 Å². The summed E-state index contributed by atoms with van der Waals surface area (Å²) >= 11 is 0. The van der Waals surface area contributed by atoms with Crippen LogP contribution in [0.25, 0.3) is 0 Å². The number of nitro benzene ring substituents is 1. The normalized spacial score (nSPS) is 15.3. The fraction of sp³-hybridized carbons (Fsp3) is 0.217. The van der Waals surface area contributed by atoms with Gasteiger partial charge >= 0.3 is 0 Å². The van der Waals surface area contributed by atoms with Crippen molar-refractivity contribution < 1.29 is 33.6 Å². The van der Waals surface area contributed by atoms with Gasteiger partial charge in [-0.05, 0) is 13.0 Å². The molecular weight excluding hydrogens is 460 g/mol. The predicted octanol–water partition coefficient (Wildman–Crippen LogP) is 1.99. The molecule has 0 bridgehead atoms. The first kappa shape index (κ1) is 24.9. The SMILES string of the molecule is CC=CC(=O)N(NC(=O)c1ccccc1[N+](=O)[O-])C1CC(=O)N(c2cc(OC)cc(OC)c2)C1=O. The number of amides is 4. The zero-order valence-electron chi connectivity index (χ0n) is 19.1. The summed E-state index contributed by atoms with van der Waals surface area (Å²) in [5.41, 5.74) is 1.62. The number of imide groups is 1. The number of anilines is 1. The highest BCUT2D eigenvalue weighted by molar-refractivity contribution is 6.23. The van der Waals surface area contributed by atoms with E-state index in [1.165, 1.54) is 50.6 Å². The van der Waals surface area contributed by atoms with E-state index < -0.39 is 46.7 Å². The third kappa shape index (κ3) is 5.11. The van der Waals surface area contributed by atoms with E-state index in [2.05, 4.69) is 5.43 Å². The van der Waals surface area contributed by atoms with E-state index in [9.17, 15) is 29.3 Å². The standard InChI is InChI=1S/C23H22N4O8/c1-4-7-20(28)26(24-22(30)17-8-5-6-9-18(17)27(32)33)19-13-21(29)25(23(19)31)14-10-15(34-2)12-16(11-14)35-3/h4-12,19H,13H2,1-3H3,(H,24,30). The third-order valence-corrected chi connectivity index (χ3v) is 5.14. The van der Waals surface area contributed by atoms with Crippen LogP contribution in [0.3, 0.4) is 0 Å². The number of hydrazine groups is 1. The molecule has 3 rings (SSSR count). The summed E-state index contributed by atoms with van der Waals surface area (Å²) in [5, 5.41) is 12.0. The number of allylic oxidation sites excluding steroid dienone is 1. The number of nitro groups is 1. The third-order valence-electron chi connectivity index (χ3n) is 5.14. The van der Waals surface area contributed by atoms with Crippen LogP contribution in [0.15, 0.2) is 54.6 Å². The summed E-state index contributed by atoms with van der Waals surface area (Å²) in [5.74, 6) is -2.54. The van der Waals surface area contributed by atoms with Gasteiger partial charge in [0.05, 0.1) is 31.3 Å². The summed E-state index contributed by atoms with van der Waals surface area (Å²) in [6, 6.07) is 8.21. The molecule has 35 heavy (non-hydrogen) atoms. The lowest BCUT2D eigenvalue weighted by Gasteiger charge is -2.27. The van der Waals surface area contributed by atoms with Crippen molar-refractivity contribution in [3.63, 3.8) is 0 Å². The summed E-state index contributed by atoms with van der Waals surface area (Å²) in [6.45, 7) is 1.55. The largest absolute Gasteiger partial charge is 0.497 e. The zero-order chi connectivity index (χ0) is 25.7. The zero-order valence-corrected chi connectivity index (χ0v) is 19.1. The smallest absolute Gasteiger partial charge is 0.282 e. The summed E-state index contributed by atoms with van der Waals surface area (Å²) < 4.78 is 10.4. The number of nitrogens with one attached hydrogen (secondary N) is 1. The minimum absolute atomic E-state index is 0.155. The van der Waals surface area contributed by atoms with Crippen molar-refractivity contribution in [3.8, 4) is 11.5 Å². The van der Waals surface area contributed by atoms with Crippen LogP contribution in [-0.4, -0.2) is 53.8 Å². The quantitative estimate of drug-likeness (QED) is 0.273. The molecule has 0 spiro atoms. The lowest BCUT2D eigenvalue weighted by atomic mass is 10.1. The van der Waals surface area contributed by atoms with Gasteiger partial charge in [-0.3, -0.25) is 34.7 Å². The topological polar surface area (TPSA) is 148 Å². The van der Waals surface area contributed by atoms with Crippen LogP contribution < -0.4 is 19.8 Å². The monoisotopic (exact) mass is 482 g/mol. The van der Waals surface area contributed by atoms with Gasteiger partial charge in [-0.1, -0.05) is 18.2 Å². The number of para-hydroxylation sites is 1. The van der Waals surface area contributed by atoms with E-state index in [-0.39, 0.29) is 11.3 Å². The van der Waals surface area contributed by atoms with Gasteiger partial charge in [0, 0.05) is 30.3 Å². The van der Waals surface area contributed by atoms with E-state index in [4.69, 9.17) is 9.47 Å². The molecule has 0 aromatic heterocycles. The maximum absolute atomic E-state index is 13.3. The molecule has 1 fully saturated rings. The van der Waals surface area contributed by atoms with Gasteiger partial charge in [-0.15, -0.1) is 0 Å². The minimum atomic E-state index is -1.39. The van der Waals surface area contributed by atoms with Crippen LogP contribution in [0, 0.1) is 10.1 Å². The first-order valence-electron chi connectivity index (χ1n) is 10.3. The van der Waals surface area contributed by atoms with E-state index in [0.29, 0.717) is 16.5 Å². The lowest BCUT2D eigenvalue weighted by Crippen LogP contribution is -2.54. The molecule has 182 valence electrons. The first-order valence-corrected chi connectivity index (χ1v) is 10.3. The van der Waals surface area contributed by atoms with Crippen LogP contribution >= 0.6 is 0 Å². The molecule has 4 amide bonds. The van der Waals surface area contributed by atoms with Gasteiger partial charge < -0.3 is 9.47 Å². The number of carbonyl (C=O) groups is 4. The fourth-order valence-electron chi connectivity index (χ4n) is 3.51. The maximum atomic E-state index is 13.3. The minimum Gasteiger partial charge on any atom is -0.497 e. The molecule has 12 heteroatoms. The Morgan fingerprint density at radius 2 is 1.77 bits per heavy atom. The molecule has 1 aliphatic heterocycles. The lowest BCUT2D eigenvalue weighted by molar-refractivity contribution is -0.385. The van der Waals surface area contributed by atoms with Crippen molar-refractivity contribution in [2.45, 2.75) is 19.4 Å². The van der Waals surface area contributed by atoms with Gasteiger partial charge in [-0.25, -0.2) is 9.91 Å². The van der Waals surface area contributed by atoms with Crippen LogP contribution in [0.2, 0.25) is 0 Å². The van der Waals surface area contributed by atoms with Crippen molar-refractivity contribution in [1.82, 2.24) is 10.4 Å². The van der Waals surface area contributed by atoms with Gasteiger partial charge in [0.2, 0.25) is 5.91 Å². The van der Waals surface area contributed by atoms with E-state index in [1.807, 2.05) is 0 Å². The number of benzene rings is 2. The number of carbonyl (C=O) groups excluding carboxylic acids is 4. The Labute approximate surface area is 199 Å². The van der Waals surface area contributed by atoms with Crippen molar-refractivity contribution in [2.24, 2.45) is 0 Å². The average Bonchev–Trinajstić information content (AvgIpc) is 3.15. The highest BCUT2D eigenvalue weighted by Gasteiger charge is 2.45. The summed E-state index contributed by atoms with van der Waals surface area (Å²) in [4.78, 5) is 63.2. The Kier molecular flexibility index (Phi) is 7.44. The van der Waals surface area contributed by atoms with Crippen molar-refractivity contribution in [2.75, 3.05) is 19.1 Å². The average molecular weight is 482 g/mol. The number of nitrogens with zero attached hydrogens (tertiary/aromatic N) is 3. The molecule has 0 saturated carbocycles. The molecule has 1 aliphatic rings. The van der Waals surface area contributed by atoms with Gasteiger partial charge in [0.15, 0.2) is 0 Å². The second-order valence-electron chi connectivity index (χ2n) is 7.28. The number of methoxy groups -OCH3 is 2. The Bertz CT molecular complexity index is 1200. The van der Waals surface area contributed by atoms with Crippen LogP contribution in [0.1, 0.15) is 23.7 Å². The number of hydrogen-bond acceptors (Lipinski definition) is 8. The molecule has 1 atom stereocenters. The molecule has 1 unspecified atom stereocenters. The second kappa shape index (κ2) is 10.5. The van der Waals surface area contributed by atoms with E-state index in [1.54, 1.807) is 13.0 Å². The molecule has 2 aromatic carbocycles. The number of rotatable bonds is 7. The van der Waals surface area contributed by atoms with E-state index >= 15 is 0 Å². The molecule has 12 nitrogen and oxygen atoms in total. The summed E-state index contributed by atoms with van der Waals surface area (Å²) in [6.07, 6.45) is 2.05. The van der Waals surface area contributed by atoms with Crippen molar-refractivity contribution in [1.29, 1.82) is 0 Å². The van der Waals surface area contributed by atoms with Gasteiger partial charge in [0.25, 0.3) is 23.4 Å². The number of ether oxygens (including phenoxy) is 2. The Hall–Kier alpha value is -4.74. The number of hydrogen-bond donors (Lipinski definition) is 1. The molecular formula is C23H22N4O8. The molecule has 2 aromatic rings. The van der Waals surface area contributed by atoms with E-state index in [0.717, 1.165) is 17.0 Å². The molecule has 0 aliphatic carbocycles. The van der Waals surface area contributed by atoms with Crippen LogP contribution in [-0.2, 0) is 14.4 Å².